The molecule has 0 aliphatic heterocycles. The summed E-state index contributed by atoms with van der Waals surface area (Å²) in [7, 11) is 1.03. The Hall–Kier alpha value is -1.27. The van der Waals surface area contributed by atoms with Gasteiger partial charge in [0.15, 0.2) is 12.0 Å². The first kappa shape index (κ1) is 13.7. The molecule has 4 nitrogen and oxygen atoms in total. The SMILES string of the molecule is COC(=O)COC(=O)C(C)(C)C(F)(F)F. The van der Waals surface area contributed by atoms with Crippen molar-refractivity contribution in [1.29, 1.82) is 0 Å². The molecule has 0 amide bonds. The van der Waals surface area contributed by atoms with Gasteiger partial charge >= 0.3 is 18.1 Å². The molecule has 0 aromatic carbocycles. The molecule has 0 radical (unpaired) electrons. The molecule has 0 atom stereocenters. The third kappa shape index (κ3) is 3.41. The average Bonchev–Trinajstić information content (AvgIpc) is 2.11. The molecular formula is C8H11F3O4. The van der Waals surface area contributed by atoms with Gasteiger partial charge in [0.2, 0.25) is 0 Å². The Balaban J connectivity index is 4.40. The van der Waals surface area contributed by atoms with Crippen molar-refractivity contribution in [3.05, 3.63) is 0 Å². The number of carbonyl (C=O) groups is 2. The fourth-order valence-electron chi connectivity index (χ4n) is 0.480. The number of carbonyl (C=O) groups excluding carboxylic acids is 2. The van der Waals surface area contributed by atoms with Gasteiger partial charge in [0.1, 0.15) is 0 Å². The van der Waals surface area contributed by atoms with E-state index in [4.69, 9.17) is 0 Å². The monoisotopic (exact) mass is 228 g/mol. The van der Waals surface area contributed by atoms with Crippen molar-refractivity contribution in [1.82, 2.24) is 0 Å². The van der Waals surface area contributed by atoms with Crippen molar-refractivity contribution in [3.63, 3.8) is 0 Å². The molecule has 0 bridgehead atoms. The Bertz CT molecular complexity index is 257. The molecule has 0 saturated carbocycles. The maximum atomic E-state index is 12.3. The van der Waals surface area contributed by atoms with Gasteiger partial charge in [0.05, 0.1) is 7.11 Å². The third-order valence-electron chi connectivity index (χ3n) is 1.77. The van der Waals surface area contributed by atoms with Crippen LogP contribution in [0, 0.1) is 5.41 Å². The van der Waals surface area contributed by atoms with Gasteiger partial charge in [-0.1, -0.05) is 0 Å². The van der Waals surface area contributed by atoms with Crippen molar-refractivity contribution in [2.24, 2.45) is 5.41 Å². The molecule has 88 valence electrons. The molecule has 0 N–H and O–H groups in total. The summed E-state index contributed by atoms with van der Waals surface area (Å²) >= 11 is 0. The molecule has 7 heteroatoms. The van der Waals surface area contributed by atoms with E-state index in [0.29, 0.717) is 13.8 Å². The largest absolute Gasteiger partial charge is 0.466 e. The van der Waals surface area contributed by atoms with E-state index in [1.807, 2.05) is 0 Å². The quantitative estimate of drug-likeness (QED) is 0.683. The number of hydrogen-bond donors (Lipinski definition) is 0. The van der Waals surface area contributed by atoms with Gasteiger partial charge < -0.3 is 9.47 Å². The summed E-state index contributed by atoms with van der Waals surface area (Å²) in [4.78, 5) is 21.5. The fourth-order valence-corrected chi connectivity index (χ4v) is 0.480. The summed E-state index contributed by atoms with van der Waals surface area (Å²) in [5.74, 6) is -2.43. The highest BCUT2D eigenvalue weighted by atomic mass is 19.4. The van der Waals surface area contributed by atoms with E-state index in [1.165, 1.54) is 0 Å². The zero-order valence-electron chi connectivity index (χ0n) is 8.47. The van der Waals surface area contributed by atoms with Crippen LogP contribution in [0.1, 0.15) is 13.8 Å². The van der Waals surface area contributed by atoms with E-state index in [-0.39, 0.29) is 0 Å². The second-order valence-electron chi connectivity index (χ2n) is 3.28. The number of hydrogen-bond acceptors (Lipinski definition) is 4. The van der Waals surface area contributed by atoms with Gasteiger partial charge in [-0.3, -0.25) is 4.79 Å². The molecule has 0 rings (SSSR count). The lowest BCUT2D eigenvalue weighted by Crippen LogP contribution is -2.41. The van der Waals surface area contributed by atoms with Crippen LogP contribution in [0.25, 0.3) is 0 Å². The minimum absolute atomic E-state index is 0.673. The highest BCUT2D eigenvalue weighted by molar-refractivity contribution is 5.80. The molecule has 0 spiro atoms. The van der Waals surface area contributed by atoms with Gasteiger partial charge in [-0.05, 0) is 13.8 Å². The lowest BCUT2D eigenvalue weighted by atomic mass is 9.93. The molecule has 15 heavy (non-hydrogen) atoms. The molecule has 0 aliphatic rings. The summed E-state index contributed by atoms with van der Waals surface area (Å²) in [6, 6.07) is 0. The molecular weight excluding hydrogens is 217 g/mol. The Morgan fingerprint density at radius 1 is 1.20 bits per heavy atom. The van der Waals surface area contributed by atoms with Crippen LogP contribution in [0.5, 0.6) is 0 Å². The number of alkyl halides is 3. The lowest BCUT2D eigenvalue weighted by molar-refractivity contribution is -0.225. The van der Waals surface area contributed by atoms with Crippen LogP contribution >= 0.6 is 0 Å². The predicted octanol–water partition coefficient (Wildman–Crippen LogP) is 1.29. The average molecular weight is 228 g/mol. The van der Waals surface area contributed by atoms with E-state index in [0.717, 1.165) is 7.11 Å². The summed E-state index contributed by atoms with van der Waals surface area (Å²) in [5, 5.41) is 0. The van der Waals surface area contributed by atoms with Crippen molar-refractivity contribution >= 4 is 11.9 Å². The normalized spacial score (nSPS) is 12.1. The Labute approximate surface area is 84.3 Å². The van der Waals surface area contributed by atoms with Crippen LogP contribution in [0.2, 0.25) is 0 Å². The van der Waals surface area contributed by atoms with Gasteiger partial charge in [0, 0.05) is 0 Å². The Morgan fingerprint density at radius 3 is 2.00 bits per heavy atom. The number of methoxy groups -OCH3 is 1. The fraction of sp³-hybridized carbons (Fsp3) is 0.750. The first-order valence-electron chi connectivity index (χ1n) is 3.93. The zero-order chi connectivity index (χ0) is 12.3. The van der Waals surface area contributed by atoms with Crippen LogP contribution in [-0.4, -0.2) is 31.8 Å². The number of rotatable bonds is 3. The highest BCUT2D eigenvalue weighted by Crippen LogP contribution is 2.38. The van der Waals surface area contributed by atoms with Crippen molar-refractivity contribution in [3.8, 4) is 0 Å². The van der Waals surface area contributed by atoms with E-state index < -0.39 is 30.1 Å². The molecule has 0 aromatic rings. The maximum Gasteiger partial charge on any atom is 0.404 e. The predicted molar refractivity (Wildman–Crippen MR) is 42.8 cm³/mol. The van der Waals surface area contributed by atoms with Gasteiger partial charge in [-0.25, -0.2) is 4.79 Å². The number of ether oxygens (including phenoxy) is 2. The second kappa shape index (κ2) is 4.50. The number of halogens is 3. The van der Waals surface area contributed by atoms with Crippen molar-refractivity contribution < 1.29 is 32.2 Å². The molecule has 0 saturated heterocycles. The Morgan fingerprint density at radius 2 is 1.67 bits per heavy atom. The first-order valence-corrected chi connectivity index (χ1v) is 3.93. The van der Waals surface area contributed by atoms with Crippen LogP contribution in [-0.2, 0) is 19.1 Å². The van der Waals surface area contributed by atoms with E-state index in [1.54, 1.807) is 0 Å². The Kier molecular flexibility index (Phi) is 4.12. The summed E-state index contributed by atoms with van der Waals surface area (Å²) in [5.41, 5.74) is -2.64. The molecule has 0 heterocycles. The standard InChI is InChI=1S/C8H11F3O4/c1-7(2,8(9,10)11)6(13)15-4-5(12)14-3/h4H2,1-3H3. The van der Waals surface area contributed by atoms with Crippen LogP contribution in [0.3, 0.4) is 0 Å². The van der Waals surface area contributed by atoms with Crippen LogP contribution < -0.4 is 0 Å². The molecule has 0 aromatic heterocycles. The van der Waals surface area contributed by atoms with E-state index in [9.17, 15) is 22.8 Å². The third-order valence-corrected chi connectivity index (χ3v) is 1.77. The zero-order valence-corrected chi connectivity index (χ0v) is 8.47. The minimum Gasteiger partial charge on any atom is -0.466 e. The summed E-state index contributed by atoms with van der Waals surface area (Å²) in [6.07, 6.45) is -4.72. The molecule has 0 aliphatic carbocycles. The smallest absolute Gasteiger partial charge is 0.404 e. The van der Waals surface area contributed by atoms with Crippen molar-refractivity contribution in [2.45, 2.75) is 20.0 Å². The second-order valence-corrected chi connectivity index (χ2v) is 3.28. The van der Waals surface area contributed by atoms with Gasteiger partial charge in [-0.2, -0.15) is 13.2 Å². The van der Waals surface area contributed by atoms with Gasteiger partial charge in [0.25, 0.3) is 0 Å². The lowest BCUT2D eigenvalue weighted by Gasteiger charge is -2.24. The van der Waals surface area contributed by atoms with E-state index >= 15 is 0 Å². The minimum atomic E-state index is -4.72. The molecule has 0 unspecified atom stereocenters. The first-order chi connectivity index (χ1) is 6.63. The van der Waals surface area contributed by atoms with E-state index in [2.05, 4.69) is 9.47 Å². The van der Waals surface area contributed by atoms with Crippen molar-refractivity contribution in [2.75, 3.05) is 13.7 Å². The topological polar surface area (TPSA) is 52.6 Å². The maximum absolute atomic E-state index is 12.3. The molecule has 0 fully saturated rings. The number of esters is 2. The summed E-state index contributed by atoms with van der Waals surface area (Å²) in [6.45, 7) is 0.522. The summed E-state index contributed by atoms with van der Waals surface area (Å²) < 4.78 is 45.1. The van der Waals surface area contributed by atoms with Gasteiger partial charge in [-0.15, -0.1) is 0 Å². The van der Waals surface area contributed by atoms with Crippen LogP contribution in [0.4, 0.5) is 13.2 Å². The van der Waals surface area contributed by atoms with Crippen LogP contribution in [0.15, 0.2) is 0 Å². The highest BCUT2D eigenvalue weighted by Gasteiger charge is 2.54.